The molecule has 0 radical (unpaired) electrons. The van der Waals surface area contributed by atoms with Crippen LogP contribution in [-0.2, 0) is 27.8 Å². The minimum atomic E-state index is -3.73. The Morgan fingerprint density at radius 2 is 1.79 bits per heavy atom. The van der Waals surface area contributed by atoms with E-state index in [9.17, 15) is 13.2 Å². The molecule has 0 fully saturated rings. The molecule has 28 heavy (non-hydrogen) atoms. The quantitative estimate of drug-likeness (QED) is 0.703. The van der Waals surface area contributed by atoms with Gasteiger partial charge in [0.25, 0.3) is 10.0 Å². The van der Waals surface area contributed by atoms with E-state index >= 15 is 0 Å². The molecule has 0 spiro atoms. The van der Waals surface area contributed by atoms with Crippen molar-refractivity contribution < 1.29 is 13.2 Å². The van der Waals surface area contributed by atoms with Gasteiger partial charge in [0.15, 0.2) is 0 Å². The summed E-state index contributed by atoms with van der Waals surface area (Å²) in [6, 6.07) is 11.5. The van der Waals surface area contributed by atoms with Crippen molar-refractivity contribution in [2.24, 2.45) is 0 Å². The van der Waals surface area contributed by atoms with Crippen LogP contribution >= 0.6 is 0 Å². The van der Waals surface area contributed by atoms with E-state index in [4.69, 9.17) is 4.98 Å². The lowest BCUT2D eigenvalue weighted by molar-refractivity contribution is -0.114. The van der Waals surface area contributed by atoms with Gasteiger partial charge in [0.2, 0.25) is 5.91 Å². The molecule has 1 aliphatic heterocycles. The van der Waals surface area contributed by atoms with Crippen molar-refractivity contribution in [3.63, 3.8) is 0 Å². The highest BCUT2D eigenvalue weighted by Gasteiger charge is 2.17. The van der Waals surface area contributed by atoms with Crippen molar-refractivity contribution in [1.29, 1.82) is 0 Å². The van der Waals surface area contributed by atoms with Crippen molar-refractivity contribution in [2.75, 3.05) is 10.0 Å². The summed E-state index contributed by atoms with van der Waals surface area (Å²) in [6.45, 7) is 2.36. The lowest BCUT2D eigenvalue weighted by Gasteiger charge is -2.09. The van der Waals surface area contributed by atoms with E-state index in [-0.39, 0.29) is 10.8 Å². The highest BCUT2D eigenvalue weighted by molar-refractivity contribution is 7.92. The molecular weight excluding hydrogens is 376 g/mol. The molecule has 7 nitrogen and oxygen atoms in total. The Morgan fingerprint density at radius 1 is 1.04 bits per heavy atom. The van der Waals surface area contributed by atoms with Crippen LogP contribution in [0.25, 0.3) is 11.0 Å². The van der Waals surface area contributed by atoms with E-state index in [1.165, 1.54) is 25.5 Å². The van der Waals surface area contributed by atoms with Crippen LogP contribution in [0, 0.1) is 0 Å². The molecule has 146 valence electrons. The molecule has 0 aliphatic carbocycles. The van der Waals surface area contributed by atoms with Crippen molar-refractivity contribution in [3.05, 3.63) is 48.3 Å². The zero-order valence-electron chi connectivity index (χ0n) is 15.6. The second-order valence-electron chi connectivity index (χ2n) is 7.00. The molecule has 1 amide bonds. The van der Waals surface area contributed by atoms with Gasteiger partial charge in [0, 0.05) is 25.6 Å². The number of hydrogen-bond donors (Lipinski definition) is 2. The first-order valence-corrected chi connectivity index (χ1v) is 10.8. The van der Waals surface area contributed by atoms with Crippen LogP contribution in [0.15, 0.2) is 47.4 Å². The summed E-state index contributed by atoms with van der Waals surface area (Å²) >= 11 is 0. The first kappa shape index (κ1) is 18.5. The third kappa shape index (κ3) is 3.73. The van der Waals surface area contributed by atoms with Gasteiger partial charge in [-0.1, -0.05) is 6.42 Å². The molecule has 1 aliphatic rings. The van der Waals surface area contributed by atoms with Gasteiger partial charge >= 0.3 is 0 Å². The predicted molar refractivity (Wildman–Crippen MR) is 109 cm³/mol. The lowest BCUT2D eigenvalue weighted by atomic mass is 10.2. The minimum absolute atomic E-state index is 0.127. The monoisotopic (exact) mass is 398 g/mol. The van der Waals surface area contributed by atoms with Crippen molar-refractivity contribution >= 4 is 38.3 Å². The third-order valence-electron chi connectivity index (χ3n) is 4.85. The number of imidazole rings is 1. The van der Waals surface area contributed by atoms with Crippen LogP contribution < -0.4 is 10.0 Å². The van der Waals surface area contributed by atoms with Crippen molar-refractivity contribution in [1.82, 2.24) is 9.55 Å². The number of anilines is 2. The maximum atomic E-state index is 12.7. The molecule has 4 rings (SSSR count). The number of nitrogens with zero attached hydrogens (tertiary/aromatic N) is 2. The number of carbonyl (C=O) groups excluding carboxylic acids is 1. The van der Waals surface area contributed by atoms with Crippen LogP contribution in [0.4, 0.5) is 11.4 Å². The molecular formula is C20H22N4O3S. The topological polar surface area (TPSA) is 93.1 Å². The van der Waals surface area contributed by atoms with Crippen LogP contribution in [0.3, 0.4) is 0 Å². The van der Waals surface area contributed by atoms with E-state index < -0.39 is 10.0 Å². The Morgan fingerprint density at radius 3 is 2.54 bits per heavy atom. The molecule has 0 saturated carbocycles. The molecule has 2 N–H and O–H groups in total. The fourth-order valence-electron chi connectivity index (χ4n) is 3.55. The van der Waals surface area contributed by atoms with Gasteiger partial charge in [0.05, 0.1) is 21.6 Å². The normalized spacial score (nSPS) is 14.3. The summed E-state index contributed by atoms with van der Waals surface area (Å²) in [5, 5.41) is 2.62. The molecule has 0 saturated heterocycles. The summed E-state index contributed by atoms with van der Waals surface area (Å²) in [7, 11) is -3.73. The predicted octanol–water partition coefficient (Wildman–Crippen LogP) is 3.52. The molecule has 0 bridgehead atoms. The molecule has 2 aromatic carbocycles. The van der Waals surface area contributed by atoms with Gasteiger partial charge in [0.1, 0.15) is 5.82 Å². The van der Waals surface area contributed by atoms with Crippen molar-refractivity contribution in [3.8, 4) is 0 Å². The summed E-state index contributed by atoms with van der Waals surface area (Å²) in [5.41, 5.74) is 2.87. The van der Waals surface area contributed by atoms with E-state index in [0.717, 1.165) is 42.7 Å². The smallest absolute Gasteiger partial charge is 0.261 e. The highest BCUT2D eigenvalue weighted by Crippen LogP contribution is 2.26. The van der Waals surface area contributed by atoms with Gasteiger partial charge in [-0.05, 0) is 55.3 Å². The standard InChI is InChI=1S/C20H22N4O3S/c1-14(25)21-15-6-9-17(10-7-15)28(26,27)23-16-8-11-19-18(13-16)22-20-5-3-2-4-12-24(19)20/h6-11,13,23H,2-5,12H2,1H3,(H,21,25). The first-order valence-electron chi connectivity index (χ1n) is 9.32. The molecule has 3 aromatic rings. The number of carbonyl (C=O) groups is 1. The number of amides is 1. The summed E-state index contributed by atoms with van der Waals surface area (Å²) in [4.78, 5) is 15.9. The number of hydrogen-bond acceptors (Lipinski definition) is 4. The average Bonchev–Trinajstić information content (AvgIpc) is 2.81. The number of aromatic nitrogens is 2. The summed E-state index contributed by atoms with van der Waals surface area (Å²) < 4.78 is 30.2. The zero-order chi connectivity index (χ0) is 19.7. The fraction of sp³-hybridized carbons (Fsp3) is 0.300. The Kier molecular flexibility index (Phi) is 4.80. The molecule has 0 unspecified atom stereocenters. The van der Waals surface area contributed by atoms with E-state index in [2.05, 4.69) is 14.6 Å². The maximum Gasteiger partial charge on any atom is 0.261 e. The number of rotatable bonds is 4. The van der Waals surface area contributed by atoms with Gasteiger partial charge in [-0.3, -0.25) is 9.52 Å². The number of fused-ring (bicyclic) bond motifs is 3. The molecule has 1 aromatic heterocycles. The fourth-order valence-corrected chi connectivity index (χ4v) is 4.60. The SMILES string of the molecule is CC(=O)Nc1ccc(S(=O)(=O)Nc2ccc3c(c2)nc2n3CCCCC2)cc1. The second kappa shape index (κ2) is 7.27. The Hall–Kier alpha value is -2.87. The van der Waals surface area contributed by atoms with E-state index in [0.29, 0.717) is 11.4 Å². The van der Waals surface area contributed by atoms with E-state index in [1.54, 1.807) is 24.3 Å². The van der Waals surface area contributed by atoms with Crippen LogP contribution in [0.5, 0.6) is 0 Å². The average molecular weight is 398 g/mol. The largest absolute Gasteiger partial charge is 0.328 e. The molecule has 0 atom stereocenters. The van der Waals surface area contributed by atoms with Crippen molar-refractivity contribution in [2.45, 2.75) is 44.0 Å². The number of sulfonamides is 1. The third-order valence-corrected chi connectivity index (χ3v) is 6.24. The maximum absolute atomic E-state index is 12.7. The number of benzene rings is 2. The second-order valence-corrected chi connectivity index (χ2v) is 8.69. The van der Waals surface area contributed by atoms with Gasteiger partial charge < -0.3 is 9.88 Å². The van der Waals surface area contributed by atoms with E-state index in [1.807, 2.05) is 6.07 Å². The molecule has 8 heteroatoms. The first-order chi connectivity index (χ1) is 13.4. The zero-order valence-corrected chi connectivity index (χ0v) is 16.4. The van der Waals surface area contributed by atoms with Gasteiger partial charge in [-0.2, -0.15) is 0 Å². The summed E-state index contributed by atoms with van der Waals surface area (Å²) in [6.07, 6.45) is 4.44. The van der Waals surface area contributed by atoms with Gasteiger partial charge in [-0.15, -0.1) is 0 Å². The Bertz CT molecular complexity index is 1130. The van der Waals surface area contributed by atoms with Crippen LogP contribution in [0.1, 0.15) is 32.0 Å². The Balaban J connectivity index is 1.59. The van der Waals surface area contributed by atoms with Crippen LogP contribution in [0.2, 0.25) is 0 Å². The highest BCUT2D eigenvalue weighted by atomic mass is 32.2. The lowest BCUT2D eigenvalue weighted by Crippen LogP contribution is -2.13. The minimum Gasteiger partial charge on any atom is -0.328 e. The van der Waals surface area contributed by atoms with Crippen LogP contribution in [-0.4, -0.2) is 23.9 Å². The number of nitrogens with one attached hydrogen (secondary N) is 2. The summed E-state index contributed by atoms with van der Waals surface area (Å²) in [5.74, 6) is 0.863. The van der Waals surface area contributed by atoms with Gasteiger partial charge in [-0.25, -0.2) is 13.4 Å². The number of aryl methyl sites for hydroxylation is 2. The Labute approximate surface area is 163 Å². The molecule has 2 heterocycles.